The first kappa shape index (κ1) is 32.5. The Morgan fingerprint density at radius 3 is 1.89 bits per heavy atom. The summed E-state index contributed by atoms with van der Waals surface area (Å²) in [6, 6.07) is 1.06. The number of sulfonamides is 2. The molecule has 0 spiro atoms. The zero-order valence-electron chi connectivity index (χ0n) is 18.7. The van der Waals surface area contributed by atoms with Crippen LogP contribution in [0.25, 0.3) is 0 Å². The minimum atomic E-state index is -5.32. The topological polar surface area (TPSA) is 121 Å². The molecule has 0 heterocycles. The van der Waals surface area contributed by atoms with Crippen molar-refractivity contribution in [2.24, 2.45) is 0 Å². The molecule has 0 fully saturated rings. The van der Waals surface area contributed by atoms with Crippen molar-refractivity contribution in [2.75, 3.05) is 12.0 Å². The van der Waals surface area contributed by atoms with Gasteiger partial charge in [-0.3, -0.25) is 10.2 Å². The zero-order valence-corrected chi connectivity index (χ0v) is 22.7. The highest BCUT2D eigenvalue weighted by molar-refractivity contribution is 7.98. The van der Waals surface area contributed by atoms with E-state index in [0.717, 1.165) is 30.0 Å². The average molecular weight is 648 g/mol. The SMILES string of the molecule is CSCCC(NS(=O)(=O)c1cc(C(F)(F)F)cc(C(F)(F)F)c1)C(=O)NNS(=O)(=O)c1ccc(Cl)c(Cl)c1. The summed E-state index contributed by atoms with van der Waals surface area (Å²) in [5.41, 5.74) is -2.00. The Morgan fingerprint density at radius 1 is 0.868 bits per heavy atom. The number of alkyl halides is 6. The summed E-state index contributed by atoms with van der Waals surface area (Å²) in [4.78, 5) is 12.5. The van der Waals surface area contributed by atoms with Gasteiger partial charge in [0.15, 0.2) is 0 Å². The molecule has 2 aromatic rings. The molecule has 0 bridgehead atoms. The van der Waals surface area contributed by atoms with E-state index in [1.807, 2.05) is 0 Å². The average Bonchev–Trinajstić information content (AvgIpc) is 2.80. The molecule has 0 aromatic heterocycles. The summed E-state index contributed by atoms with van der Waals surface area (Å²) < 4.78 is 131. The third-order valence-corrected chi connectivity index (χ3v) is 8.69. The Bertz CT molecular complexity index is 1370. The first-order valence-corrected chi connectivity index (χ1v) is 15.0. The Labute approximate surface area is 227 Å². The van der Waals surface area contributed by atoms with E-state index < -0.39 is 65.3 Å². The minimum Gasteiger partial charge on any atom is -0.276 e. The maximum atomic E-state index is 13.2. The predicted octanol–water partition coefficient (Wildman–Crippen LogP) is 4.44. The van der Waals surface area contributed by atoms with Crippen LogP contribution in [0.5, 0.6) is 0 Å². The van der Waals surface area contributed by atoms with Crippen molar-refractivity contribution in [3.8, 4) is 0 Å². The van der Waals surface area contributed by atoms with Gasteiger partial charge >= 0.3 is 12.4 Å². The molecule has 0 saturated carbocycles. The van der Waals surface area contributed by atoms with Crippen LogP contribution in [0.3, 0.4) is 0 Å². The predicted molar refractivity (Wildman–Crippen MR) is 128 cm³/mol. The molecule has 2 rings (SSSR count). The van der Waals surface area contributed by atoms with Crippen LogP contribution in [-0.2, 0) is 37.2 Å². The van der Waals surface area contributed by atoms with Gasteiger partial charge in [0, 0.05) is 0 Å². The van der Waals surface area contributed by atoms with Crippen molar-refractivity contribution >= 4 is 60.9 Å². The highest BCUT2D eigenvalue weighted by Gasteiger charge is 2.39. The summed E-state index contributed by atoms with van der Waals surface area (Å²) in [5, 5.41) is -0.102. The fourth-order valence-electron chi connectivity index (χ4n) is 2.72. The van der Waals surface area contributed by atoms with Crippen molar-refractivity contribution in [1.29, 1.82) is 0 Å². The second-order valence-electron chi connectivity index (χ2n) is 7.37. The van der Waals surface area contributed by atoms with Crippen LogP contribution in [0.4, 0.5) is 26.3 Å². The van der Waals surface area contributed by atoms with Crippen LogP contribution in [0.2, 0.25) is 10.0 Å². The van der Waals surface area contributed by atoms with Crippen LogP contribution in [0.15, 0.2) is 46.2 Å². The number of carbonyl (C=O) groups is 1. The number of thioether (sulfide) groups is 1. The van der Waals surface area contributed by atoms with Crippen molar-refractivity contribution in [1.82, 2.24) is 15.0 Å². The van der Waals surface area contributed by atoms with Gasteiger partial charge in [0.05, 0.1) is 31.0 Å². The fourth-order valence-corrected chi connectivity index (χ4v) is 5.73. The number of amides is 1. The molecule has 212 valence electrons. The number of halogens is 8. The summed E-state index contributed by atoms with van der Waals surface area (Å²) in [7, 11) is -9.59. The number of hydrogen-bond donors (Lipinski definition) is 3. The third-order valence-electron chi connectivity index (χ3n) is 4.61. The van der Waals surface area contributed by atoms with Crippen molar-refractivity contribution in [2.45, 2.75) is 34.6 Å². The van der Waals surface area contributed by atoms with Gasteiger partial charge in [-0.2, -0.15) is 42.8 Å². The molecule has 0 saturated heterocycles. The largest absolute Gasteiger partial charge is 0.416 e. The minimum absolute atomic E-state index is 0.0197. The van der Waals surface area contributed by atoms with Gasteiger partial charge in [-0.05, 0) is 54.8 Å². The van der Waals surface area contributed by atoms with E-state index in [2.05, 4.69) is 0 Å². The van der Waals surface area contributed by atoms with Crippen molar-refractivity contribution in [3.05, 3.63) is 57.6 Å². The Morgan fingerprint density at radius 2 is 1.42 bits per heavy atom. The molecule has 8 nitrogen and oxygen atoms in total. The van der Waals surface area contributed by atoms with Crippen LogP contribution in [-0.4, -0.2) is 40.8 Å². The summed E-state index contributed by atoms with van der Waals surface area (Å²) >= 11 is 12.6. The zero-order chi connectivity index (χ0) is 29.1. The number of benzene rings is 2. The van der Waals surface area contributed by atoms with Crippen molar-refractivity contribution in [3.63, 3.8) is 0 Å². The fraction of sp³-hybridized carbons (Fsp3) is 0.316. The van der Waals surface area contributed by atoms with Crippen LogP contribution >= 0.6 is 35.0 Å². The monoisotopic (exact) mass is 647 g/mol. The van der Waals surface area contributed by atoms with Gasteiger partial charge in [0.2, 0.25) is 10.0 Å². The third kappa shape index (κ3) is 8.62. The number of carbonyl (C=O) groups excluding carboxylic acids is 1. The van der Waals surface area contributed by atoms with Gasteiger partial charge < -0.3 is 0 Å². The Kier molecular flexibility index (Phi) is 10.4. The maximum absolute atomic E-state index is 13.2. The lowest BCUT2D eigenvalue weighted by Gasteiger charge is -2.20. The molecule has 0 aliphatic heterocycles. The number of hydrogen-bond acceptors (Lipinski definition) is 6. The molecule has 0 aliphatic carbocycles. The smallest absolute Gasteiger partial charge is 0.276 e. The first-order chi connectivity index (χ1) is 17.3. The highest BCUT2D eigenvalue weighted by Crippen LogP contribution is 2.37. The lowest BCUT2D eigenvalue weighted by atomic mass is 10.1. The molecule has 3 N–H and O–H groups in total. The van der Waals surface area contributed by atoms with E-state index >= 15 is 0 Å². The Balaban J connectivity index is 2.35. The van der Waals surface area contributed by atoms with E-state index in [1.54, 1.807) is 21.2 Å². The first-order valence-electron chi connectivity index (χ1n) is 9.85. The quantitative estimate of drug-likeness (QED) is 0.259. The van der Waals surface area contributed by atoms with Gasteiger partial charge in [0.25, 0.3) is 15.9 Å². The molecule has 2 aromatic carbocycles. The summed E-state index contributed by atoms with van der Waals surface area (Å²) in [6.45, 7) is 0. The second-order valence-corrected chi connectivity index (χ2v) is 12.6. The lowest BCUT2D eigenvalue weighted by molar-refractivity contribution is -0.143. The van der Waals surface area contributed by atoms with E-state index in [4.69, 9.17) is 23.2 Å². The second kappa shape index (κ2) is 12.2. The van der Waals surface area contributed by atoms with Gasteiger partial charge in [-0.25, -0.2) is 16.8 Å². The molecular formula is C19H17Cl2F6N3O5S3. The molecule has 1 atom stereocenters. The molecule has 38 heavy (non-hydrogen) atoms. The maximum Gasteiger partial charge on any atom is 0.416 e. The number of hydrazine groups is 1. The highest BCUT2D eigenvalue weighted by atomic mass is 35.5. The standard InChI is InChI=1S/C19H17Cl2F6N3O5S3/c1-36-5-4-16(17(31)28-30-38(34,35)12-2-3-14(20)15(21)9-12)29-37(32,33)13-7-10(18(22,23)24)6-11(8-13)19(25,26)27/h2-3,6-9,16,29-30H,4-5H2,1H3,(H,28,31). The molecular weight excluding hydrogens is 631 g/mol. The molecule has 1 unspecified atom stereocenters. The lowest BCUT2D eigenvalue weighted by Crippen LogP contribution is -2.52. The molecule has 0 radical (unpaired) electrons. The van der Waals surface area contributed by atoms with E-state index in [9.17, 15) is 48.0 Å². The molecule has 1 amide bonds. The van der Waals surface area contributed by atoms with Gasteiger partial charge in [0.1, 0.15) is 6.04 Å². The van der Waals surface area contributed by atoms with E-state index in [0.29, 0.717) is 0 Å². The number of nitrogens with one attached hydrogen (secondary N) is 3. The molecule has 0 aliphatic rings. The summed E-state index contributed by atoms with van der Waals surface area (Å²) in [6.07, 6.45) is -9.38. The number of rotatable bonds is 10. The van der Waals surface area contributed by atoms with Crippen LogP contribution < -0.4 is 15.0 Å². The Hall–Kier alpha value is -1.76. The van der Waals surface area contributed by atoms with Gasteiger partial charge in [-0.15, -0.1) is 4.83 Å². The van der Waals surface area contributed by atoms with Gasteiger partial charge in [-0.1, -0.05) is 23.2 Å². The van der Waals surface area contributed by atoms with Crippen LogP contribution in [0.1, 0.15) is 17.5 Å². The van der Waals surface area contributed by atoms with E-state index in [1.165, 1.54) is 0 Å². The summed E-state index contributed by atoms with van der Waals surface area (Å²) in [5.74, 6) is -1.20. The van der Waals surface area contributed by atoms with Crippen molar-refractivity contribution < 1.29 is 48.0 Å². The normalized spacial score (nSPS) is 13.8. The van der Waals surface area contributed by atoms with Crippen LogP contribution in [0, 0.1) is 0 Å². The van der Waals surface area contributed by atoms with E-state index in [-0.39, 0.29) is 40.4 Å². The molecule has 19 heteroatoms.